The van der Waals surface area contributed by atoms with Crippen molar-refractivity contribution in [2.45, 2.75) is 18.9 Å². The first-order chi connectivity index (χ1) is 14.7. The summed E-state index contributed by atoms with van der Waals surface area (Å²) in [5.41, 5.74) is 18.8. The molecule has 0 saturated carbocycles. The van der Waals surface area contributed by atoms with Crippen molar-refractivity contribution in [3.8, 4) is 16.9 Å². The number of ether oxygens (including phenoxy) is 1. The Kier molecular flexibility index (Phi) is 6.12. The normalized spacial score (nSPS) is 11.9. The molecule has 4 nitrogen and oxygen atoms in total. The van der Waals surface area contributed by atoms with Gasteiger partial charge in [-0.1, -0.05) is 60.7 Å². The Bertz CT molecular complexity index is 1100. The maximum Gasteiger partial charge on any atom is 0.180 e. The Hall–Kier alpha value is -3.15. The Labute approximate surface area is 181 Å². The third-order valence-corrected chi connectivity index (χ3v) is 6.05. The molecule has 4 N–H and O–H groups in total. The standard InChI is InChI=1S/C25H25N3OS/c1-29-21-12-10-19(11-13-21)23(24-16-30-25(27)28-24)14-17-6-8-18(9-7-17)22-5-3-2-4-20(22)15-26/h2-13,16,23H,14-15,26H2,1H3,(H2,27,28). The van der Waals surface area contributed by atoms with E-state index in [1.807, 2.05) is 18.2 Å². The quantitative estimate of drug-likeness (QED) is 0.433. The van der Waals surface area contributed by atoms with Gasteiger partial charge in [-0.25, -0.2) is 4.98 Å². The molecule has 0 fully saturated rings. The summed E-state index contributed by atoms with van der Waals surface area (Å²) >= 11 is 1.48. The number of aromatic nitrogens is 1. The van der Waals surface area contributed by atoms with E-state index in [1.54, 1.807) is 7.11 Å². The van der Waals surface area contributed by atoms with Crippen LogP contribution in [-0.2, 0) is 13.0 Å². The molecule has 0 aliphatic heterocycles. The van der Waals surface area contributed by atoms with Gasteiger partial charge in [-0.15, -0.1) is 11.3 Å². The summed E-state index contributed by atoms with van der Waals surface area (Å²) in [6.45, 7) is 0.530. The largest absolute Gasteiger partial charge is 0.497 e. The molecule has 4 rings (SSSR count). The van der Waals surface area contributed by atoms with E-state index in [-0.39, 0.29) is 5.92 Å². The van der Waals surface area contributed by atoms with Crippen LogP contribution in [0.2, 0.25) is 0 Å². The average molecular weight is 416 g/mol. The van der Waals surface area contributed by atoms with Gasteiger partial charge in [0, 0.05) is 17.8 Å². The summed E-state index contributed by atoms with van der Waals surface area (Å²) in [6.07, 6.45) is 0.842. The van der Waals surface area contributed by atoms with Crippen LogP contribution in [0.5, 0.6) is 5.75 Å². The van der Waals surface area contributed by atoms with Crippen LogP contribution in [0.3, 0.4) is 0 Å². The number of nitrogens with two attached hydrogens (primary N) is 2. The molecule has 1 unspecified atom stereocenters. The topological polar surface area (TPSA) is 74.2 Å². The first-order valence-electron chi connectivity index (χ1n) is 9.90. The zero-order chi connectivity index (χ0) is 20.9. The zero-order valence-corrected chi connectivity index (χ0v) is 17.7. The van der Waals surface area contributed by atoms with Gasteiger partial charge in [0.05, 0.1) is 12.8 Å². The van der Waals surface area contributed by atoms with Crippen molar-refractivity contribution < 1.29 is 4.74 Å². The van der Waals surface area contributed by atoms with Crippen molar-refractivity contribution in [2.75, 3.05) is 12.8 Å². The minimum absolute atomic E-state index is 0.131. The Balaban J connectivity index is 1.62. The molecule has 5 heteroatoms. The number of nitrogen functional groups attached to an aromatic ring is 1. The Morgan fingerprint density at radius 3 is 2.33 bits per heavy atom. The van der Waals surface area contributed by atoms with Crippen LogP contribution < -0.4 is 16.2 Å². The maximum atomic E-state index is 5.92. The average Bonchev–Trinajstić information content (AvgIpc) is 3.24. The van der Waals surface area contributed by atoms with Crippen LogP contribution in [0.25, 0.3) is 11.1 Å². The number of hydrogen-bond acceptors (Lipinski definition) is 5. The van der Waals surface area contributed by atoms with Gasteiger partial charge in [0.15, 0.2) is 5.13 Å². The lowest BCUT2D eigenvalue weighted by Crippen LogP contribution is -2.06. The molecule has 0 amide bonds. The highest BCUT2D eigenvalue weighted by Gasteiger charge is 2.18. The predicted molar refractivity (Wildman–Crippen MR) is 125 cm³/mol. The molecule has 0 radical (unpaired) electrons. The fourth-order valence-electron chi connectivity index (χ4n) is 3.73. The van der Waals surface area contributed by atoms with Crippen molar-refractivity contribution in [1.82, 2.24) is 4.98 Å². The third-order valence-electron chi connectivity index (χ3n) is 5.36. The van der Waals surface area contributed by atoms with Crippen molar-refractivity contribution in [3.63, 3.8) is 0 Å². The number of benzene rings is 3. The number of methoxy groups -OCH3 is 1. The van der Waals surface area contributed by atoms with Gasteiger partial charge in [-0.05, 0) is 46.4 Å². The van der Waals surface area contributed by atoms with E-state index in [9.17, 15) is 0 Å². The van der Waals surface area contributed by atoms with Gasteiger partial charge in [0.1, 0.15) is 5.75 Å². The third kappa shape index (κ3) is 4.37. The zero-order valence-electron chi connectivity index (χ0n) is 16.9. The highest BCUT2D eigenvalue weighted by Crippen LogP contribution is 2.32. The highest BCUT2D eigenvalue weighted by molar-refractivity contribution is 7.13. The highest BCUT2D eigenvalue weighted by atomic mass is 32.1. The van der Waals surface area contributed by atoms with Crippen LogP contribution >= 0.6 is 11.3 Å². The molecule has 0 bridgehead atoms. The number of hydrogen-bond donors (Lipinski definition) is 2. The lowest BCUT2D eigenvalue weighted by atomic mass is 9.89. The first-order valence-corrected chi connectivity index (χ1v) is 10.8. The van der Waals surface area contributed by atoms with Crippen LogP contribution in [0, 0.1) is 0 Å². The molecule has 0 spiro atoms. The van der Waals surface area contributed by atoms with E-state index < -0.39 is 0 Å². The van der Waals surface area contributed by atoms with E-state index in [0.717, 1.165) is 23.4 Å². The molecule has 0 saturated heterocycles. The van der Waals surface area contributed by atoms with Crippen molar-refractivity contribution >= 4 is 16.5 Å². The number of thiazole rings is 1. The monoisotopic (exact) mass is 415 g/mol. The van der Waals surface area contributed by atoms with Gasteiger partial charge < -0.3 is 16.2 Å². The minimum Gasteiger partial charge on any atom is -0.497 e. The summed E-state index contributed by atoms with van der Waals surface area (Å²) in [4.78, 5) is 4.57. The fraction of sp³-hybridized carbons (Fsp3) is 0.160. The van der Waals surface area contributed by atoms with Crippen molar-refractivity contribution in [1.29, 1.82) is 0 Å². The lowest BCUT2D eigenvalue weighted by Gasteiger charge is -2.17. The summed E-state index contributed by atoms with van der Waals surface area (Å²) < 4.78 is 5.31. The molecular weight excluding hydrogens is 390 g/mol. The molecule has 4 aromatic rings. The van der Waals surface area contributed by atoms with Crippen molar-refractivity contribution in [3.05, 3.63) is 101 Å². The second kappa shape index (κ2) is 9.11. The maximum absolute atomic E-state index is 5.92. The van der Waals surface area contributed by atoms with Crippen molar-refractivity contribution in [2.24, 2.45) is 5.73 Å². The van der Waals surface area contributed by atoms with Crippen LogP contribution in [0.1, 0.15) is 28.3 Å². The number of anilines is 1. The van der Waals surface area contributed by atoms with Gasteiger partial charge in [-0.2, -0.15) is 0 Å². The number of nitrogens with zero attached hydrogens (tertiary/aromatic N) is 1. The van der Waals surface area contributed by atoms with E-state index in [2.05, 4.69) is 65.0 Å². The first kappa shape index (κ1) is 20.1. The van der Waals surface area contributed by atoms with E-state index >= 15 is 0 Å². The smallest absolute Gasteiger partial charge is 0.180 e. The molecule has 152 valence electrons. The summed E-state index contributed by atoms with van der Waals surface area (Å²) in [5.74, 6) is 0.977. The molecule has 0 aliphatic rings. The SMILES string of the molecule is COc1ccc(C(Cc2ccc(-c3ccccc3CN)cc2)c2csc(N)n2)cc1. The van der Waals surface area contributed by atoms with Gasteiger partial charge >= 0.3 is 0 Å². The van der Waals surface area contributed by atoms with E-state index in [4.69, 9.17) is 16.2 Å². The van der Waals surface area contributed by atoms with Gasteiger partial charge in [-0.3, -0.25) is 0 Å². The second-order valence-electron chi connectivity index (χ2n) is 7.20. The van der Waals surface area contributed by atoms with Gasteiger partial charge in [0.25, 0.3) is 0 Å². The summed E-state index contributed by atoms with van der Waals surface area (Å²) in [7, 11) is 1.68. The van der Waals surface area contributed by atoms with Gasteiger partial charge in [0.2, 0.25) is 0 Å². The fourth-order valence-corrected chi connectivity index (χ4v) is 4.34. The summed E-state index contributed by atoms with van der Waals surface area (Å²) in [5, 5.41) is 2.65. The molecule has 1 heterocycles. The van der Waals surface area contributed by atoms with E-state index in [0.29, 0.717) is 11.7 Å². The van der Waals surface area contributed by atoms with Crippen LogP contribution in [-0.4, -0.2) is 12.1 Å². The molecular formula is C25H25N3OS. The summed E-state index contributed by atoms with van der Waals surface area (Å²) in [6, 6.07) is 25.2. The van der Waals surface area contributed by atoms with Crippen LogP contribution in [0.4, 0.5) is 5.13 Å². The second-order valence-corrected chi connectivity index (χ2v) is 8.09. The molecule has 1 atom stereocenters. The minimum atomic E-state index is 0.131. The predicted octanol–water partition coefficient (Wildman–Crippen LogP) is 5.23. The molecule has 1 aromatic heterocycles. The number of rotatable bonds is 7. The Morgan fingerprint density at radius 1 is 0.967 bits per heavy atom. The van der Waals surface area contributed by atoms with E-state index in [1.165, 1.54) is 33.6 Å². The Morgan fingerprint density at radius 2 is 1.70 bits per heavy atom. The lowest BCUT2D eigenvalue weighted by molar-refractivity contribution is 0.414. The molecule has 0 aliphatic carbocycles. The van der Waals surface area contributed by atoms with Crippen LogP contribution in [0.15, 0.2) is 78.2 Å². The molecule has 3 aromatic carbocycles. The molecule has 30 heavy (non-hydrogen) atoms.